The van der Waals surface area contributed by atoms with Crippen LogP contribution >= 0.6 is 0 Å². The molecule has 1 aromatic rings. The van der Waals surface area contributed by atoms with Crippen LogP contribution in [-0.2, 0) is 11.2 Å². The van der Waals surface area contributed by atoms with Gasteiger partial charge in [-0.1, -0.05) is 6.92 Å². The van der Waals surface area contributed by atoms with Gasteiger partial charge in [-0.25, -0.2) is 0 Å². The molecule has 0 atom stereocenters. The van der Waals surface area contributed by atoms with Gasteiger partial charge >= 0.3 is 0 Å². The molecular formula is C12H17NO. The summed E-state index contributed by atoms with van der Waals surface area (Å²) in [6.45, 7) is 7.84. The number of benzene rings is 1. The molecule has 0 heterocycles. The molecule has 0 radical (unpaired) electrons. The van der Waals surface area contributed by atoms with Crippen LogP contribution in [0.1, 0.15) is 30.5 Å². The van der Waals surface area contributed by atoms with Crippen LogP contribution in [0, 0.1) is 13.8 Å². The van der Waals surface area contributed by atoms with E-state index in [9.17, 15) is 4.79 Å². The van der Waals surface area contributed by atoms with Crippen molar-refractivity contribution in [3.63, 3.8) is 0 Å². The fourth-order valence-electron chi connectivity index (χ4n) is 1.58. The number of carbonyl (C=O) groups is 1. The zero-order valence-electron chi connectivity index (χ0n) is 9.27. The zero-order chi connectivity index (χ0) is 10.7. The molecule has 2 heteroatoms. The Kier molecular flexibility index (Phi) is 3.28. The molecule has 1 amide bonds. The first-order valence-electron chi connectivity index (χ1n) is 4.92. The van der Waals surface area contributed by atoms with Gasteiger partial charge in [-0.3, -0.25) is 4.79 Å². The maximum Gasteiger partial charge on any atom is 0.221 e. The SMILES string of the molecule is CCc1cc(NC(C)=O)cc(C)c1C. The summed E-state index contributed by atoms with van der Waals surface area (Å²) >= 11 is 0. The van der Waals surface area contributed by atoms with Crippen LogP contribution in [0.25, 0.3) is 0 Å². The van der Waals surface area contributed by atoms with Crippen LogP contribution < -0.4 is 5.32 Å². The summed E-state index contributed by atoms with van der Waals surface area (Å²) in [6, 6.07) is 4.06. The van der Waals surface area contributed by atoms with Crippen LogP contribution in [0.2, 0.25) is 0 Å². The summed E-state index contributed by atoms with van der Waals surface area (Å²) in [5.41, 5.74) is 4.75. The van der Waals surface area contributed by atoms with Crippen molar-refractivity contribution in [1.82, 2.24) is 0 Å². The van der Waals surface area contributed by atoms with Crippen LogP contribution in [0.15, 0.2) is 12.1 Å². The maximum absolute atomic E-state index is 10.9. The standard InChI is InChI=1S/C12H17NO/c1-5-11-7-12(13-10(4)14)6-8(2)9(11)3/h6-7H,5H2,1-4H3,(H,13,14). The highest BCUT2D eigenvalue weighted by atomic mass is 16.1. The minimum Gasteiger partial charge on any atom is -0.326 e. The number of hydrogen-bond donors (Lipinski definition) is 1. The van der Waals surface area contributed by atoms with E-state index >= 15 is 0 Å². The number of aryl methyl sites for hydroxylation is 2. The molecule has 0 saturated carbocycles. The Labute approximate surface area is 85.3 Å². The Balaban J connectivity index is 3.09. The molecule has 0 aliphatic carbocycles. The third kappa shape index (κ3) is 2.34. The second kappa shape index (κ2) is 4.27. The van der Waals surface area contributed by atoms with Crippen molar-refractivity contribution in [2.24, 2.45) is 0 Å². The smallest absolute Gasteiger partial charge is 0.221 e. The fourth-order valence-corrected chi connectivity index (χ4v) is 1.58. The average molecular weight is 191 g/mol. The van der Waals surface area contributed by atoms with E-state index < -0.39 is 0 Å². The average Bonchev–Trinajstić information content (AvgIpc) is 2.10. The quantitative estimate of drug-likeness (QED) is 0.765. The van der Waals surface area contributed by atoms with Crippen LogP contribution in [0.3, 0.4) is 0 Å². The highest BCUT2D eigenvalue weighted by Crippen LogP contribution is 2.20. The van der Waals surface area contributed by atoms with Crippen LogP contribution in [0.5, 0.6) is 0 Å². The van der Waals surface area contributed by atoms with Crippen LogP contribution in [0.4, 0.5) is 5.69 Å². The van der Waals surface area contributed by atoms with Gasteiger partial charge in [0.05, 0.1) is 0 Å². The maximum atomic E-state index is 10.9. The van der Waals surface area contributed by atoms with Crippen molar-refractivity contribution in [3.05, 3.63) is 28.8 Å². The van der Waals surface area contributed by atoms with Gasteiger partial charge in [0, 0.05) is 12.6 Å². The largest absolute Gasteiger partial charge is 0.326 e. The Hall–Kier alpha value is -1.31. The lowest BCUT2D eigenvalue weighted by atomic mass is 10.0. The summed E-state index contributed by atoms with van der Waals surface area (Å²) in [6.07, 6.45) is 1.00. The van der Waals surface area contributed by atoms with E-state index in [-0.39, 0.29) is 5.91 Å². The van der Waals surface area contributed by atoms with E-state index in [2.05, 4.69) is 26.1 Å². The minimum absolute atomic E-state index is 0.0182. The highest BCUT2D eigenvalue weighted by molar-refractivity contribution is 5.88. The second-order valence-corrected chi connectivity index (χ2v) is 3.61. The fraction of sp³-hybridized carbons (Fsp3) is 0.417. The molecule has 2 nitrogen and oxygen atoms in total. The first kappa shape index (κ1) is 10.8. The highest BCUT2D eigenvalue weighted by Gasteiger charge is 2.03. The number of amides is 1. The van der Waals surface area contributed by atoms with Gasteiger partial charge < -0.3 is 5.32 Å². The van der Waals surface area contributed by atoms with E-state index in [4.69, 9.17) is 0 Å². The van der Waals surface area contributed by atoms with Gasteiger partial charge in [-0.2, -0.15) is 0 Å². The monoisotopic (exact) mass is 191 g/mol. The van der Waals surface area contributed by atoms with Crippen molar-refractivity contribution < 1.29 is 4.79 Å². The molecule has 1 aromatic carbocycles. The summed E-state index contributed by atoms with van der Waals surface area (Å²) in [4.78, 5) is 10.9. The first-order valence-corrected chi connectivity index (χ1v) is 4.92. The molecule has 76 valence electrons. The van der Waals surface area contributed by atoms with Gasteiger partial charge in [0.2, 0.25) is 5.91 Å². The second-order valence-electron chi connectivity index (χ2n) is 3.61. The molecule has 0 aromatic heterocycles. The Bertz CT molecular complexity index is 356. The van der Waals surface area contributed by atoms with Gasteiger partial charge in [0.1, 0.15) is 0 Å². The van der Waals surface area contributed by atoms with E-state index in [1.165, 1.54) is 23.6 Å². The van der Waals surface area contributed by atoms with Crippen molar-refractivity contribution in [2.45, 2.75) is 34.1 Å². The summed E-state index contributed by atoms with van der Waals surface area (Å²) < 4.78 is 0. The third-order valence-corrected chi connectivity index (χ3v) is 2.48. The predicted octanol–water partition coefficient (Wildman–Crippen LogP) is 2.82. The van der Waals surface area contributed by atoms with E-state index in [1.807, 2.05) is 12.1 Å². The lowest BCUT2D eigenvalue weighted by Gasteiger charge is -2.10. The lowest BCUT2D eigenvalue weighted by molar-refractivity contribution is -0.114. The summed E-state index contributed by atoms with van der Waals surface area (Å²) in [5, 5.41) is 2.81. The lowest BCUT2D eigenvalue weighted by Crippen LogP contribution is -2.07. The van der Waals surface area contributed by atoms with Gasteiger partial charge in [0.15, 0.2) is 0 Å². The molecule has 14 heavy (non-hydrogen) atoms. The molecule has 0 spiro atoms. The van der Waals surface area contributed by atoms with Crippen molar-refractivity contribution in [2.75, 3.05) is 5.32 Å². The van der Waals surface area contributed by atoms with Gasteiger partial charge in [-0.15, -0.1) is 0 Å². The number of hydrogen-bond acceptors (Lipinski definition) is 1. The van der Waals surface area contributed by atoms with Crippen molar-refractivity contribution in [3.8, 4) is 0 Å². The molecule has 0 aliphatic rings. The molecule has 1 rings (SSSR count). The van der Waals surface area contributed by atoms with E-state index in [1.54, 1.807) is 0 Å². The Morgan fingerprint density at radius 1 is 1.36 bits per heavy atom. The minimum atomic E-state index is -0.0182. The summed E-state index contributed by atoms with van der Waals surface area (Å²) in [5.74, 6) is -0.0182. The van der Waals surface area contributed by atoms with E-state index in [0.717, 1.165) is 12.1 Å². The van der Waals surface area contributed by atoms with Crippen molar-refractivity contribution >= 4 is 11.6 Å². The molecule has 0 unspecified atom stereocenters. The summed E-state index contributed by atoms with van der Waals surface area (Å²) in [7, 11) is 0. The number of rotatable bonds is 2. The topological polar surface area (TPSA) is 29.1 Å². The first-order chi connectivity index (χ1) is 6.54. The van der Waals surface area contributed by atoms with Gasteiger partial charge in [-0.05, 0) is 49.1 Å². The molecule has 0 saturated heterocycles. The third-order valence-electron chi connectivity index (χ3n) is 2.48. The Morgan fingerprint density at radius 2 is 2.00 bits per heavy atom. The zero-order valence-corrected chi connectivity index (χ0v) is 9.27. The molecular weight excluding hydrogens is 174 g/mol. The molecule has 0 fully saturated rings. The van der Waals surface area contributed by atoms with Crippen LogP contribution in [-0.4, -0.2) is 5.91 Å². The molecule has 0 aliphatic heterocycles. The Morgan fingerprint density at radius 3 is 2.50 bits per heavy atom. The van der Waals surface area contributed by atoms with E-state index in [0.29, 0.717) is 0 Å². The van der Waals surface area contributed by atoms with Crippen molar-refractivity contribution in [1.29, 1.82) is 0 Å². The number of nitrogens with one attached hydrogen (secondary N) is 1. The molecule has 0 bridgehead atoms. The van der Waals surface area contributed by atoms with Gasteiger partial charge in [0.25, 0.3) is 0 Å². The normalized spacial score (nSPS) is 10.0. The number of anilines is 1. The molecule has 1 N–H and O–H groups in total. The number of carbonyl (C=O) groups excluding carboxylic acids is 1. The predicted molar refractivity (Wildman–Crippen MR) is 59.6 cm³/mol.